The van der Waals surface area contributed by atoms with Gasteiger partial charge in [-0.25, -0.2) is 14.3 Å². The summed E-state index contributed by atoms with van der Waals surface area (Å²) < 4.78 is 40.1. The zero-order valence-corrected chi connectivity index (χ0v) is 20.6. The lowest BCUT2D eigenvalue weighted by Gasteiger charge is -2.47. The predicted octanol–water partition coefficient (Wildman–Crippen LogP) is 2.92. The highest BCUT2D eigenvalue weighted by Crippen LogP contribution is 2.41. The topological polar surface area (TPSA) is 129 Å². The minimum atomic E-state index is -1.37. The molecule has 200 valence electrons. The molecule has 2 atom stereocenters. The summed E-state index contributed by atoms with van der Waals surface area (Å²) in [6.45, 7) is 1.35. The minimum Gasteiger partial charge on any atom is -0.483 e. The second kappa shape index (κ2) is 12.3. The van der Waals surface area contributed by atoms with Crippen LogP contribution in [0, 0.1) is 11.6 Å². The number of methoxy groups -OCH3 is 1. The van der Waals surface area contributed by atoms with Gasteiger partial charge in [-0.3, -0.25) is 24.5 Å². The van der Waals surface area contributed by atoms with Crippen molar-refractivity contribution in [2.45, 2.75) is 24.4 Å². The molecule has 4 rings (SSSR count). The molecule has 2 aliphatic heterocycles. The Morgan fingerprint density at radius 2 is 1.86 bits per heavy atom. The molecule has 0 spiro atoms. The summed E-state index contributed by atoms with van der Waals surface area (Å²) in [5.41, 5.74) is 0.0353. The monoisotopic (exact) mass is 541 g/mol. The van der Waals surface area contributed by atoms with Gasteiger partial charge in [0.1, 0.15) is 11.3 Å². The molecule has 2 amide bonds. The van der Waals surface area contributed by atoms with Crippen molar-refractivity contribution in [1.82, 2.24) is 15.3 Å². The van der Waals surface area contributed by atoms with Crippen molar-refractivity contribution in [2.75, 3.05) is 33.4 Å². The van der Waals surface area contributed by atoms with Crippen molar-refractivity contribution in [3.63, 3.8) is 0 Å². The van der Waals surface area contributed by atoms with Crippen molar-refractivity contribution < 1.29 is 43.0 Å². The zero-order valence-electron chi connectivity index (χ0n) is 19.8. The molecular formula is C24H26ClF2N3O7. The van der Waals surface area contributed by atoms with Crippen molar-refractivity contribution in [1.29, 1.82) is 0 Å². The number of benzene rings is 2. The Labute approximate surface area is 216 Å². The molecule has 2 bridgehead atoms. The van der Waals surface area contributed by atoms with Gasteiger partial charge in [0.05, 0.1) is 6.61 Å². The number of halogens is 3. The van der Waals surface area contributed by atoms with Gasteiger partial charge >= 0.3 is 0 Å². The summed E-state index contributed by atoms with van der Waals surface area (Å²) in [5, 5.41) is 16.7. The predicted molar refractivity (Wildman–Crippen MR) is 127 cm³/mol. The highest BCUT2D eigenvalue weighted by Gasteiger charge is 2.58. The van der Waals surface area contributed by atoms with Crippen LogP contribution in [0.4, 0.5) is 8.78 Å². The number of nitrogens with one attached hydrogen (secondary N) is 1. The molecule has 2 aromatic rings. The Morgan fingerprint density at radius 1 is 1.24 bits per heavy atom. The number of ether oxygens (including phenoxy) is 2. The fraction of sp³-hybridized carbons (Fsp3) is 0.375. The molecule has 3 N–H and O–H groups in total. The van der Waals surface area contributed by atoms with Gasteiger partial charge in [-0.1, -0.05) is 11.6 Å². The van der Waals surface area contributed by atoms with Crippen LogP contribution in [-0.2, 0) is 14.3 Å². The maximum atomic E-state index is 14.8. The molecular weight excluding hydrogens is 516 g/mol. The molecule has 0 radical (unpaired) electrons. The first-order valence-corrected chi connectivity index (χ1v) is 11.6. The van der Waals surface area contributed by atoms with Crippen LogP contribution in [0.3, 0.4) is 0 Å². The fourth-order valence-corrected chi connectivity index (χ4v) is 4.88. The van der Waals surface area contributed by atoms with Gasteiger partial charge in [-0.15, -0.1) is 0 Å². The van der Waals surface area contributed by atoms with Crippen molar-refractivity contribution in [3.8, 4) is 11.5 Å². The van der Waals surface area contributed by atoms with Gasteiger partial charge in [0.15, 0.2) is 17.4 Å². The Bertz CT molecular complexity index is 1110. The Kier molecular flexibility index (Phi) is 9.38. The lowest BCUT2D eigenvalue weighted by molar-refractivity contribution is -0.143. The van der Waals surface area contributed by atoms with Crippen LogP contribution in [0.15, 0.2) is 36.4 Å². The van der Waals surface area contributed by atoms with E-state index < -0.39 is 34.7 Å². The number of likely N-dealkylation sites (tertiary alicyclic amines) is 1. The maximum absolute atomic E-state index is 14.8. The summed E-state index contributed by atoms with van der Waals surface area (Å²) in [4.78, 5) is 37.9. The van der Waals surface area contributed by atoms with Gasteiger partial charge in [0.25, 0.3) is 18.3 Å². The molecule has 0 saturated carbocycles. The van der Waals surface area contributed by atoms with Crippen LogP contribution >= 0.6 is 11.6 Å². The Balaban J connectivity index is 0.00000121. The van der Waals surface area contributed by atoms with Crippen LogP contribution in [0.1, 0.15) is 23.2 Å². The van der Waals surface area contributed by atoms with Crippen molar-refractivity contribution in [2.24, 2.45) is 0 Å². The summed E-state index contributed by atoms with van der Waals surface area (Å²) in [5.74, 6) is -4.06. The van der Waals surface area contributed by atoms with Crippen molar-refractivity contribution in [3.05, 3.63) is 58.6 Å². The highest BCUT2D eigenvalue weighted by molar-refractivity contribution is 6.30. The van der Waals surface area contributed by atoms with E-state index in [2.05, 4.69) is 0 Å². The molecule has 0 aliphatic carbocycles. The molecule has 2 unspecified atom stereocenters. The molecule has 10 nitrogen and oxygen atoms in total. The van der Waals surface area contributed by atoms with Crippen molar-refractivity contribution >= 4 is 29.9 Å². The van der Waals surface area contributed by atoms with E-state index in [0.717, 1.165) is 12.1 Å². The van der Waals surface area contributed by atoms with Gasteiger partial charge in [-0.05, 0) is 49.2 Å². The first kappa shape index (κ1) is 28.3. The number of carboxylic acid groups (broad SMARTS) is 1. The lowest BCUT2D eigenvalue weighted by Crippen LogP contribution is -2.68. The number of carbonyl (C=O) groups is 3. The van der Waals surface area contributed by atoms with E-state index in [-0.39, 0.29) is 30.4 Å². The summed E-state index contributed by atoms with van der Waals surface area (Å²) in [7, 11) is 1.56. The van der Waals surface area contributed by atoms with Crippen LogP contribution in [0.5, 0.6) is 11.5 Å². The van der Waals surface area contributed by atoms with Crippen LogP contribution in [-0.4, -0.2) is 83.3 Å². The normalized spacial score (nSPS) is 20.6. The third kappa shape index (κ3) is 5.99. The zero-order chi connectivity index (χ0) is 27.2. The molecule has 2 heterocycles. The molecule has 2 fully saturated rings. The van der Waals surface area contributed by atoms with E-state index in [1.807, 2.05) is 4.90 Å². The summed E-state index contributed by atoms with van der Waals surface area (Å²) >= 11 is 5.81. The largest absolute Gasteiger partial charge is 0.483 e. The van der Waals surface area contributed by atoms with E-state index in [9.17, 15) is 23.6 Å². The molecule has 2 aromatic carbocycles. The van der Waals surface area contributed by atoms with E-state index in [1.165, 1.54) is 29.2 Å². The third-order valence-corrected chi connectivity index (χ3v) is 6.56. The van der Waals surface area contributed by atoms with Crippen LogP contribution in [0.2, 0.25) is 5.02 Å². The number of carbonyl (C=O) groups excluding carboxylic acids is 2. The summed E-state index contributed by atoms with van der Waals surface area (Å²) in [6, 6.07) is 7.34. The second-order valence-electron chi connectivity index (χ2n) is 8.50. The smallest absolute Gasteiger partial charge is 0.290 e. The number of piperazine rings is 1. The average Bonchev–Trinajstić information content (AvgIpc) is 3.12. The van der Waals surface area contributed by atoms with Gasteiger partial charge in [0.2, 0.25) is 0 Å². The standard InChI is InChI=1S/C23H24ClF2N3O5.CH2O2/c1-33-9-8-28-12-16-6-7-23(13-28,22(31)27-32)29(16)21(30)14-10-18(25)20(19(26)11-14)34-17-4-2-15(24)3-5-17;2-1-3/h2-5,10-11,16,32H,6-9,12-13H2,1H3,(H,27,31);1H,(H,2,3). The lowest BCUT2D eigenvalue weighted by atomic mass is 9.92. The Morgan fingerprint density at radius 3 is 2.43 bits per heavy atom. The second-order valence-corrected chi connectivity index (χ2v) is 8.93. The maximum Gasteiger partial charge on any atom is 0.290 e. The van der Waals surface area contributed by atoms with Gasteiger partial charge < -0.3 is 19.5 Å². The van der Waals surface area contributed by atoms with E-state index in [1.54, 1.807) is 12.6 Å². The molecule has 37 heavy (non-hydrogen) atoms. The number of hydroxylamine groups is 1. The number of hydrogen-bond donors (Lipinski definition) is 3. The fourth-order valence-electron chi connectivity index (χ4n) is 4.76. The number of nitrogens with zero attached hydrogens (tertiary/aromatic N) is 2. The number of hydrogen-bond acceptors (Lipinski definition) is 7. The van der Waals surface area contributed by atoms with Crippen LogP contribution < -0.4 is 10.2 Å². The molecule has 2 saturated heterocycles. The first-order chi connectivity index (χ1) is 17.7. The number of amides is 2. The van der Waals surface area contributed by atoms with E-state index >= 15 is 0 Å². The highest BCUT2D eigenvalue weighted by atomic mass is 35.5. The van der Waals surface area contributed by atoms with E-state index in [0.29, 0.717) is 37.6 Å². The Hall–Kier alpha value is -3.32. The van der Waals surface area contributed by atoms with Gasteiger partial charge in [0, 0.05) is 43.4 Å². The number of fused-ring (bicyclic) bond motifs is 2. The SMILES string of the molecule is COCCN1CC2CCC(C(=O)NO)(C1)N2C(=O)c1cc(F)c(Oc2ccc(Cl)cc2)c(F)c1.O=CO. The van der Waals surface area contributed by atoms with Gasteiger partial charge in [-0.2, -0.15) is 0 Å². The first-order valence-electron chi connectivity index (χ1n) is 11.2. The third-order valence-electron chi connectivity index (χ3n) is 6.30. The summed E-state index contributed by atoms with van der Waals surface area (Å²) in [6.07, 6.45) is 0.813. The van der Waals surface area contributed by atoms with E-state index in [4.69, 9.17) is 31.0 Å². The number of rotatable bonds is 7. The quantitative estimate of drug-likeness (QED) is 0.277. The van der Waals surface area contributed by atoms with Crippen LogP contribution in [0.25, 0.3) is 0 Å². The average molecular weight is 542 g/mol. The molecule has 0 aromatic heterocycles. The minimum absolute atomic E-state index is 0.160. The molecule has 13 heteroatoms. The molecule has 2 aliphatic rings.